The zero-order valence-electron chi connectivity index (χ0n) is 11.3. The summed E-state index contributed by atoms with van der Waals surface area (Å²) >= 11 is 3.58. The highest BCUT2D eigenvalue weighted by Crippen LogP contribution is 2.37. The molecule has 0 aliphatic carbocycles. The van der Waals surface area contributed by atoms with Crippen LogP contribution >= 0.6 is 15.9 Å². The molecule has 0 saturated heterocycles. The van der Waals surface area contributed by atoms with Crippen molar-refractivity contribution >= 4 is 21.6 Å². The first-order valence-electron chi connectivity index (χ1n) is 6.87. The number of ether oxygens (including phenoxy) is 3. The van der Waals surface area contributed by atoms with Gasteiger partial charge in [-0.2, -0.15) is 0 Å². The molecule has 0 radical (unpaired) electrons. The number of hydrogen-bond donors (Lipinski definition) is 1. The maximum atomic E-state index is 5.52. The topological polar surface area (TPSA) is 39.7 Å². The zero-order chi connectivity index (χ0) is 14.2. The van der Waals surface area contributed by atoms with Crippen molar-refractivity contribution in [1.82, 2.24) is 0 Å². The average Bonchev–Trinajstić information content (AvgIpc) is 3.12. The summed E-state index contributed by atoms with van der Waals surface area (Å²) in [5.41, 5.74) is 3.50. The molecular formula is C16H14BrNO3. The summed E-state index contributed by atoms with van der Waals surface area (Å²) < 4.78 is 17.3. The highest BCUT2D eigenvalue weighted by Gasteiger charge is 2.16. The largest absolute Gasteiger partial charge is 0.493 e. The van der Waals surface area contributed by atoms with Gasteiger partial charge in [0.2, 0.25) is 6.79 Å². The molecule has 2 aromatic carbocycles. The Morgan fingerprint density at radius 2 is 1.86 bits per heavy atom. The second-order valence-electron chi connectivity index (χ2n) is 5.07. The molecule has 2 aromatic rings. The van der Waals surface area contributed by atoms with Gasteiger partial charge in [-0.25, -0.2) is 0 Å². The first-order valence-corrected chi connectivity index (χ1v) is 7.66. The summed E-state index contributed by atoms with van der Waals surface area (Å²) in [6.45, 7) is 1.80. The van der Waals surface area contributed by atoms with E-state index in [1.165, 1.54) is 5.56 Å². The molecule has 1 N–H and O–H groups in total. The molecule has 0 spiro atoms. The second kappa shape index (κ2) is 5.15. The Labute approximate surface area is 131 Å². The Morgan fingerprint density at radius 3 is 2.76 bits per heavy atom. The lowest BCUT2D eigenvalue weighted by molar-refractivity contribution is 0.174. The van der Waals surface area contributed by atoms with E-state index in [1.807, 2.05) is 24.3 Å². The molecule has 0 aromatic heterocycles. The van der Waals surface area contributed by atoms with Gasteiger partial charge in [0.1, 0.15) is 5.75 Å². The van der Waals surface area contributed by atoms with Gasteiger partial charge in [-0.05, 0) is 41.5 Å². The van der Waals surface area contributed by atoms with Crippen LogP contribution in [0.5, 0.6) is 17.2 Å². The molecule has 2 aliphatic rings. The van der Waals surface area contributed by atoms with E-state index in [0.717, 1.165) is 52.5 Å². The van der Waals surface area contributed by atoms with Gasteiger partial charge in [-0.1, -0.05) is 15.9 Å². The summed E-state index contributed by atoms with van der Waals surface area (Å²) in [5, 5.41) is 3.44. The summed E-state index contributed by atoms with van der Waals surface area (Å²) in [4.78, 5) is 0. The van der Waals surface area contributed by atoms with Crippen LogP contribution < -0.4 is 19.5 Å². The van der Waals surface area contributed by atoms with E-state index in [9.17, 15) is 0 Å². The summed E-state index contributed by atoms with van der Waals surface area (Å²) in [6.07, 6.45) is 0.985. The molecule has 0 fully saturated rings. The van der Waals surface area contributed by atoms with Crippen molar-refractivity contribution in [3.8, 4) is 17.2 Å². The van der Waals surface area contributed by atoms with E-state index in [0.29, 0.717) is 6.79 Å². The van der Waals surface area contributed by atoms with Gasteiger partial charge in [0.15, 0.2) is 11.5 Å². The van der Waals surface area contributed by atoms with Crippen molar-refractivity contribution < 1.29 is 14.2 Å². The third kappa shape index (κ3) is 2.42. The minimum absolute atomic E-state index is 0.295. The molecule has 4 nitrogen and oxygen atoms in total. The fraction of sp³-hybridized carbons (Fsp3) is 0.250. The lowest BCUT2D eigenvalue weighted by atomic mass is 10.1. The third-order valence-corrected chi connectivity index (χ3v) is 4.45. The van der Waals surface area contributed by atoms with Gasteiger partial charge in [-0.15, -0.1) is 0 Å². The number of nitrogens with one attached hydrogen (secondary N) is 1. The number of rotatable bonds is 3. The van der Waals surface area contributed by atoms with Crippen LogP contribution in [0.15, 0.2) is 34.8 Å². The average molecular weight is 348 g/mol. The highest BCUT2D eigenvalue weighted by atomic mass is 79.9. The minimum atomic E-state index is 0.295. The normalized spacial score (nSPS) is 14.7. The summed E-state index contributed by atoms with van der Waals surface area (Å²) in [6, 6.07) is 10.2. The van der Waals surface area contributed by atoms with Crippen LogP contribution in [0.1, 0.15) is 11.1 Å². The molecule has 0 unspecified atom stereocenters. The Balaban J connectivity index is 1.52. The quantitative estimate of drug-likeness (QED) is 0.918. The molecule has 5 heteroatoms. The van der Waals surface area contributed by atoms with Gasteiger partial charge < -0.3 is 19.5 Å². The van der Waals surface area contributed by atoms with Crippen molar-refractivity contribution in [2.75, 3.05) is 18.7 Å². The number of benzene rings is 2. The molecule has 0 atom stereocenters. The van der Waals surface area contributed by atoms with E-state index in [-0.39, 0.29) is 0 Å². The van der Waals surface area contributed by atoms with Gasteiger partial charge in [0.05, 0.1) is 6.61 Å². The first-order chi connectivity index (χ1) is 10.3. The molecular weight excluding hydrogens is 334 g/mol. The molecule has 21 heavy (non-hydrogen) atoms. The van der Waals surface area contributed by atoms with Crippen LogP contribution in [0, 0.1) is 0 Å². The maximum absolute atomic E-state index is 5.52. The number of halogens is 1. The highest BCUT2D eigenvalue weighted by molar-refractivity contribution is 9.10. The van der Waals surface area contributed by atoms with E-state index in [1.54, 1.807) is 0 Å². The van der Waals surface area contributed by atoms with Crippen molar-refractivity contribution in [1.29, 1.82) is 0 Å². The Bertz CT molecular complexity index is 702. The minimum Gasteiger partial charge on any atom is -0.493 e. The molecule has 4 rings (SSSR count). The fourth-order valence-corrected chi connectivity index (χ4v) is 3.05. The van der Waals surface area contributed by atoms with E-state index < -0.39 is 0 Å². The van der Waals surface area contributed by atoms with Crippen LogP contribution in [0.2, 0.25) is 0 Å². The van der Waals surface area contributed by atoms with Gasteiger partial charge in [0, 0.05) is 23.1 Å². The molecule has 0 bridgehead atoms. The molecule has 0 saturated carbocycles. The predicted molar refractivity (Wildman–Crippen MR) is 83.2 cm³/mol. The molecule has 108 valence electrons. The Morgan fingerprint density at radius 1 is 1.00 bits per heavy atom. The lowest BCUT2D eigenvalue weighted by Crippen LogP contribution is -2.00. The SMILES string of the molecule is Brc1cc2c(cc1CNc1ccc3c(c1)CCO3)OCO2. The smallest absolute Gasteiger partial charge is 0.231 e. The van der Waals surface area contributed by atoms with Crippen molar-refractivity contribution in [2.24, 2.45) is 0 Å². The number of anilines is 1. The first kappa shape index (κ1) is 12.8. The Kier molecular flexibility index (Phi) is 3.15. The lowest BCUT2D eigenvalue weighted by Gasteiger charge is -2.10. The van der Waals surface area contributed by atoms with E-state index in [2.05, 4.69) is 27.3 Å². The third-order valence-electron chi connectivity index (χ3n) is 3.71. The number of fused-ring (bicyclic) bond motifs is 2. The van der Waals surface area contributed by atoms with Crippen molar-refractivity contribution in [2.45, 2.75) is 13.0 Å². The van der Waals surface area contributed by atoms with Crippen LogP contribution in [-0.2, 0) is 13.0 Å². The zero-order valence-corrected chi connectivity index (χ0v) is 12.9. The Hall–Kier alpha value is -1.88. The van der Waals surface area contributed by atoms with E-state index in [4.69, 9.17) is 14.2 Å². The van der Waals surface area contributed by atoms with Crippen molar-refractivity contribution in [3.63, 3.8) is 0 Å². The maximum Gasteiger partial charge on any atom is 0.231 e. The standard InChI is InChI=1S/C16H14BrNO3/c17-13-7-16-15(20-9-21-16)6-11(13)8-18-12-1-2-14-10(5-12)3-4-19-14/h1-2,5-7,18H,3-4,8-9H2. The van der Waals surface area contributed by atoms with Crippen LogP contribution in [0.3, 0.4) is 0 Å². The summed E-state index contributed by atoms with van der Waals surface area (Å²) in [7, 11) is 0. The van der Waals surface area contributed by atoms with Crippen LogP contribution in [-0.4, -0.2) is 13.4 Å². The molecule has 2 aliphatic heterocycles. The van der Waals surface area contributed by atoms with Crippen molar-refractivity contribution in [3.05, 3.63) is 45.9 Å². The monoisotopic (exact) mass is 347 g/mol. The van der Waals surface area contributed by atoms with Gasteiger partial charge in [-0.3, -0.25) is 0 Å². The second-order valence-corrected chi connectivity index (χ2v) is 5.93. The van der Waals surface area contributed by atoms with Crippen LogP contribution in [0.25, 0.3) is 0 Å². The predicted octanol–water partition coefficient (Wildman–Crippen LogP) is 3.72. The van der Waals surface area contributed by atoms with Gasteiger partial charge in [0.25, 0.3) is 0 Å². The van der Waals surface area contributed by atoms with Gasteiger partial charge >= 0.3 is 0 Å². The summed E-state index contributed by atoms with van der Waals surface area (Å²) in [5.74, 6) is 2.60. The van der Waals surface area contributed by atoms with E-state index >= 15 is 0 Å². The molecule has 0 amide bonds. The number of hydrogen-bond acceptors (Lipinski definition) is 4. The fourth-order valence-electron chi connectivity index (χ4n) is 2.59. The molecule has 2 heterocycles. The van der Waals surface area contributed by atoms with Crippen LogP contribution in [0.4, 0.5) is 5.69 Å².